The second-order valence-electron chi connectivity index (χ2n) is 5.97. The predicted molar refractivity (Wildman–Crippen MR) is 118 cm³/mol. The maximum Gasteiger partial charge on any atom is 0.272 e. The fraction of sp³-hybridized carbons (Fsp3) is 0.0909. The van der Waals surface area contributed by atoms with Crippen LogP contribution in [0.4, 0.5) is 0 Å². The molecule has 3 rings (SSSR count). The van der Waals surface area contributed by atoms with Gasteiger partial charge in [0.15, 0.2) is 11.5 Å². The molecule has 0 bridgehead atoms. The molecule has 3 aromatic rings. The number of nitrogens with zero attached hydrogens (tertiary/aromatic N) is 1. The molecule has 7 heteroatoms. The molecule has 29 heavy (non-hydrogen) atoms. The van der Waals surface area contributed by atoms with E-state index in [2.05, 4.69) is 26.5 Å². The predicted octanol–water partition coefficient (Wildman–Crippen LogP) is 5.45. The molecule has 148 valence electrons. The summed E-state index contributed by atoms with van der Waals surface area (Å²) in [5.41, 5.74) is 4.65. The summed E-state index contributed by atoms with van der Waals surface area (Å²) in [6.07, 6.45) is 1.54. The highest BCUT2D eigenvalue weighted by Gasteiger charge is 2.09. The molecule has 0 aliphatic rings. The maximum absolute atomic E-state index is 12.2. The van der Waals surface area contributed by atoms with E-state index in [1.165, 1.54) is 6.21 Å². The summed E-state index contributed by atoms with van der Waals surface area (Å²) in [4.78, 5) is 12.2. The highest BCUT2D eigenvalue weighted by atomic mass is 79.9. The maximum atomic E-state index is 12.2. The minimum atomic E-state index is -0.305. The summed E-state index contributed by atoms with van der Waals surface area (Å²) in [6, 6.07) is 20.0. The van der Waals surface area contributed by atoms with Crippen LogP contribution in [0.25, 0.3) is 0 Å². The van der Waals surface area contributed by atoms with Crippen molar-refractivity contribution in [1.82, 2.24) is 5.43 Å². The third-order valence-electron chi connectivity index (χ3n) is 4.03. The molecule has 0 heterocycles. The van der Waals surface area contributed by atoms with Crippen molar-refractivity contribution in [2.75, 3.05) is 7.11 Å². The molecule has 0 fully saturated rings. The molecule has 3 aromatic carbocycles. The first kappa shape index (κ1) is 20.9. The zero-order chi connectivity index (χ0) is 20.6. The van der Waals surface area contributed by atoms with Crippen LogP contribution in [0.15, 0.2) is 76.3 Å². The molecule has 1 N–H and O–H groups in total. The summed E-state index contributed by atoms with van der Waals surface area (Å²) >= 11 is 9.51. The normalized spacial score (nSPS) is 10.7. The minimum Gasteiger partial charge on any atom is -0.493 e. The SMILES string of the molecule is COc1cc(/C=N/NC(=O)c2ccccc2Br)ccc1OCc1ccccc1Cl. The van der Waals surface area contributed by atoms with Crippen molar-refractivity contribution >= 4 is 39.7 Å². The first-order valence-electron chi connectivity index (χ1n) is 8.70. The second kappa shape index (κ2) is 10.1. The molecule has 0 atom stereocenters. The van der Waals surface area contributed by atoms with Crippen molar-refractivity contribution in [3.63, 3.8) is 0 Å². The number of benzene rings is 3. The summed E-state index contributed by atoms with van der Waals surface area (Å²) in [5, 5.41) is 4.66. The van der Waals surface area contributed by atoms with Gasteiger partial charge in [0.25, 0.3) is 5.91 Å². The average Bonchev–Trinajstić information content (AvgIpc) is 2.74. The van der Waals surface area contributed by atoms with E-state index in [-0.39, 0.29) is 5.91 Å². The van der Waals surface area contributed by atoms with Crippen LogP contribution in [0.5, 0.6) is 11.5 Å². The first-order valence-corrected chi connectivity index (χ1v) is 9.87. The molecule has 0 saturated heterocycles. The highest BCUT2D eigenvalue weighted by Crippen LogP contribution is 2.29. The van der Waals surface area contributed by atoms with Crippen molar-refractivity contribution in [2.24, 2.45) is 5.10 Å². The third kappa shape index (κ3) is 5.59. The Morgan fingerprint density at radius 3 is 2.62 bits per heavy atom. The highest BCUT2D eigenvalue weighted by molar-refractivity contribution is 9.10. The van der Waals surface area contributed by atoms with Gasteiger partial charge in [0.05, 0.1) is 18.9 Å². The van der Waals surface area contributed by atoms with E-state index in [9.17, 15) is 4.79 Å². The third-order valence-corrected chi connectivity index (χ3v) is 5.09. The summed E-state index contributed by atoms with van der Waals surface area (Å²) in [7, 11) is 1.56. The molecular formula is C22H18BrClN2O3. The van der Waals surface area contributed by atoms with Gasteiger partial charge < -0.3 is 9.47 Å². The van der Waals surface area contributed by atoms with Crippen LogP contribution in [0.2, 0.25) is 5.02 Å². The average molecular weight is 474 g/mol. The zero-order valence-corrected chi connectivity index (χ0v) is 17.9. The molecular weight excluding hydrogens is 456 g/mol. The lowest BCUT2D eigenvalue weighted by atomic mass is 10.2. The van der Waals surface area contributed by atoms with Crippen LogP contribution in [-0.2, 0) is 6.61 Å². The topological polar surface area (TPSA) is 59.9 Å². The summed E-state index contributed by atoms with van der Waals surface area (Å²) < 4.78 is 11.9. The number of halogens is 2. The molecule has 0 radical (unpaired) electrons. The fourth-order valence-electron chi connectivity index (χ4n) is 2.53. The zero-order valence-electron chi connectivity index (χ0n) is 15.6. The fourth-order valence-corrected chi connectivity index (χ4v) is 3.18. The summed E-state index contributed by atoms with van der Waals surface area (Å²) in [5.74, 6) is 0.834. The van der Waals surface area contributed by atoms with E-state index in [0.717, 1.165) is 11.1 Å². The lowest BCUT2D eigenvalue weighted by Gasteiger charge is -2.12. The minimum absolute atomic E-state index is 0.305. The lowest BCUT2D eigenvalue weighted by Crippen LogP contribution is -2.18. The van der Waals surface area contributed by atoms with Gasteiger partial charge in [-0.1, -0.05) is 41.9 Å². The van der Waals surface area contributed by atoms with Gasteiger partial charge in [-0.05, 0) is 57.9 Å². The van der Waals surface area contributed by atoms with Gasteiger partial charge in [-0.2, -0.15) is 5.10 Å². The van der Waals surface area contributed by atoms with Crippen molar-refractivity contribution in [1.29, 1.82) is 0 Å². The number of nitrogens with one attached hydrogen (secondary N) is 1. The number of hydrogen-bond donors (Lipinski definition) is 1. The Morgan fingerprint density at radius 2 is 1.86 bits per heavy atom. The standard InChI is InChI=1S/C22H18BrClN2O3/c1-28-21-12-15(13-25-26-22(27)17-7-3-4-8-18(17)23)10-11-20(21)29-14-16-6-2-5-9-19(16)24/h2-13H,14H2,1H3,(H,26,27)/b25-13+. The molecule has 0 aliphatic carbocycles. The molecule has 0 unspecified atom stereocenters. The van der Waals surface area contributed by atoms with Crippen LogP contribution in [0, 0.1) is 0 Å². The van der Waals surface area contributed by atoms with E-state index in [1.807, 2.05) is 36.4 Å². The van der Waals surface area contributed by atoms with E-state index in [0.29, 0.717) is 33.2 Å². The van der Waals surface area contributed by atoms with Crippen LogP contribution >= 0.6 is 27.5 Å². The quantitative estimate of drug-likeness (QED) is 0.366. The number of rotatable bonds is 7. The monoisotopic (exact) mass is 472 g/mol. The lowest BCUT2D eigenvalue weighted by molar-refractivity contribution is 0.0954. The van der Waals surface area contributed by atoms with Crippen LogP contribution in [0.1, 0.15) is 21.5 Å². The molecule has 1 amide bonds. The molecule has 0 saturated carbocycles. The first-order chi connectivity index (χ1) is 14.1. The van der Waals surface area contributed by atoms with Crippen molar-refractivity contribution in [3.05, 3.63) is 92.9 Å². The van der Waals surface area contributed by atoms with Gasteiger partial charge in [-0.15, -0.1) is 0 Å². The van der Waals surface area contributed by atoms with Gasteiger partial charge in [-0.25, -0.2) is 5.43 Å². The van der Waals surface area contributed by atoms with E-state index in [1.54, 1.807) is 37.4 Å². The van der Waals surface area contributed by atoms with E-state index >= 15 is 0 Å². The number of ether oxygens (including phenoxy) is 2. The summed E-state index contributed by atoms with van der Waals surface area (Å²) in [6.45, 7) is 0.325. The Bertz CT molecular complexity index is 1040. The molecule has 0 spiro atoms. The van der Waals surface area contributed by atoms with E-state index in [4.69, 9.17) is 21.1 Å². The van der Waals surface area contributed by atoms with Gasteiger partial charge in [0, 0.05) is 15.1 Å². The Morgan fingerprint density at radius 1 is 1.10 bits per heavy atom. The smallest absolute Gasteiger partial charge is 0.272 e. The van der Waals surface area contributed by atoms with Crippen LogP contribution in [-0.4, -0.2) is 19.2 Å². The van der Waals surface area contributed by atoms with Crippen LogP contribution < -0.4 is 14.9 Å². The van der Waals surface area contributed by atoms with Gasteiger partial charge in [0.1, 0.15) is 6.61 Å². The Labute approximate surface area is 182 Å². The number of carbonyl (C=O) groups excluding carboxylic acids is 1. The van der Waals surface area contributed by atoms with Gasteiger partial charge in [0.2, 0.25) is 0 Å². The number of hydrazone groups is 1. The number of hydrogen-bond acceptors (Lipinski definition) is 4. The van der Waals surface area contributed by atoms with Gasteiger partial charge in [-0.3, -0.25) is 4.79 Å². The molecule has 0 aliphatic heterocycles. The van der Waals surface area contributed by atoms with Gasteiger partial charge >= 0.3 is 0 Å². The molecule has 5 nitrogen and oxygen atoms in total. The van der Waals surface area contributed by atoms with Crippen molar-refractivity contribution in [3.8, 4) is 11.5 Å². The van der Waals surface area contributed by atoms with E-state index < -0.39 is 0 Å². The number of amides is 1. The van der Waals surface area contributed by atoms with Crippen molar-refractivity contribution in [2.45, 2.75) is 6.61 Å². The second-order valence-corrected chi connectivity index (χ2v) is 7.23. The number of carbonyl (C=O) groups is 1. The van der Waals surface area contributed by atoms with Crippen LogP contribution in [0.3, 0.4) is 0 Å². The Kier molecular flexibility index (Phi) is 7.27. The largest absolute Gasteiger partial charge is 0.493 e. The molecule has 0 aromatic heterocycles. The van der Waals surface area contributed by atoms with Crippen molar-refractivity contribution < 1.29 is 14.3 Å². The number of methoxy groups -OCH3 is 1. The Hall–Kier alpha value is -2.83. The Balaban J connectivity index is 1.65.